The second-order valence-corrected chi connectivity index (χ2v) is 3.34. The summed E-state index contributed by atoms with van der Waals surface area (Å²) in [5, 5.41) is 9.21. The summed E-state index contributed by atoms with van der Waals surface area (Å²) in [5.41, 5.74) is 0. The highest BCUT2D eigenvalue weighted by Gasteiger charge is 2.30. The Morgan fingerprint density at radius 2 is 2.00 bits per heavy atom. The number of rotatable bonds is 5. The van der Waals surface area contributed by atoms with E-state index < -0.39 is 18.7 Å². The SMILES string of the molecule is OC(COCCC(F)(F)F)C1CC1. The molecular weight excluding hydrogens is 185 g/mol. The molecule has 0 aromatic rings. The normalized spacial score (nSPS) is 20.3. The van der Waals surface area contributed by atoms with Gasteiger partial charge in [-0.05, 0) is 18.8 Å². The second-order valence-electron chi connectivity index (χ2n) is 3.34. The molecule has 1 aliphatic rings. The summed E-state index contributed by atoms with van der Waals surface area (Å²) in [6.45, 7) is -0.325. The lowest BCUT2D eigenvalue weighted by molar-refractivity contribution is -0.147. The third kappa shape index (κ3) is 5.10. The molecular formula is C8H13F3O2. The van der Waals surface area contributed by atoms with Crippen molar-refractivity contribution >= 4 is 0 Å². The van der Waals surface area contributed by atoms with Crippen molar-refractivity contribution in [2.24, 2.45) is 5.92 Å². The molecule has 0 amide bonds. The first-order chi connectivity index (χ1) is 5.99. The Kier molecular flexibility index (Phi) is 3.55. The van der Waals surface area contributed by atoms with Gasteiger partial charge >= 0.3 is 6.18 Å². The van der Waals surface area contributed by atoms with Crippen molar-refractivity contribution in [3.63, 3.8) is 0 Å². The van der Waals surface area contributed by atoms with Gasteiger partial charge in [0.05, 0.1) is 25.7 Å². The molecule has 1 N–H and O–H groups in total. The van der Waals surface area contributed by atoms with Gasteiger partial charge < -0.3 is 9.84 Å². The van der Waals surface area contributed by atoms with Crippen LogP contribution in [0.2, 0.25) is 0 Å². The maximum atomic E-state index is 11.6. The second kappa shape index (κ2) is 4.28. The molecule has 0 spiro atoms. The van der Waals surface area contributed by atoms with E-state index in [1.807, 2.05) is 0 Å². The van der Waals surface area contributed by atoms with Crippen LogP contribution in [-0.4, -0.2) is 30.6 Å². The molecule has 1 unspecified atom stereocenters. The molecule has 0 aromatic heterocycles. The van der Waals surface area contributed by atoms with E-state index in [0.717, 1.165) is 12.8 Å². The van der Waals surface area contributed by atoms with Crippen molar-refractivity contribution in [1.82, 2.24) is 0 Å². The summed E-state index contributed by atoms with van der Waals surface area (Å²) in [4.78, 5) is 0. The van der Waals surface area contributed by atoms with E-state index in [4.69, 9.17) is 4.74 Å². The Morgan fingerprint density at radius 3 is 2.46 bits per heavy atom. The fourth-order valence-corrected chi connectivity index (χ4v) is 1.01. The van der Waals surface area contributed by atoms with Crippen LogP contribution < -0.4 is 0 Å². The van der Waals surface area contributed by atoms with E-state index in [1.54, 1.807) is 0 Å². The zero-order valence-corrected chi connectivity index (χ0v) is 7.18. The van der Waals surface area contributed by atoms with E-state index in [-0.39, 0.29) is 19.1 Å². The van der Waals surface area contributed by atoms with E-state index in [0.29, 0.717) is 0 Å². The minimum Gasteiger partial charge on any atom is -0.390 e. The molecule has 0 aliphatic heterocycles. The van der Waals surface area contributed by atoms with Crippen LogP contribution >= 0.6 is 0 Å². The summed E-state index contributed by atoms with van der Waals surface area (Å²) >= 11 is 0. The molecule has 13 heavy (non-hydrogen) atoms. The summed E-state index contributed by atoms with van der Waals surface area (Å²) in [6, 6.07) is 0. The lowest BCUT2D eigenvalue weighted by atomic mass is 10.2. The van der Waals surface area contributed by atoms with Crippen molar-refractivity contribution in [3.05, 3.63) is 0 Å². The van der Waals surface area contributed by atoms with Gasteiger partial charge in [-0.1, -0.05) is 0 Å². The molecule has 0 saturated heterocycles. The molecule has 1 fully saturated rings. The smallest absolute Gasteiger partial charge is 0.390 e. The first-order valence-corrected chi connectivity index (χ1v) is 4.31. The standard InChI is InChI=1S/C8H13F3O2/c9-8(10,11)3-4-13-5-7(12)6-1-2-6/h6-7,12H,1-5H2. The quantitative estimate of drug-likeness (QED) is 0.681. The molecule has 1 atom stereocenters. The van der Waals surface area contributed by atoms with Crippen LogP contribution in [0.1, 0.15) is 19.3 Å². The van der Waals surface area contributed by atoms with E-state index in [2.05, 4.69) is 0 Å². The molecule has 1 rings (SSSR count). The summed E-state index contributed by atoms with van der Waals surface area (Å²) in [7, 11) is 0. The van der Waals surface area contributed by atoms with Gasteiger partial charge in [0.15, 0.2) is 0 Å². The van der Waals surface area contributed by atoms with Gasteiger partial charge in [-0.3, -0.25) is 0 Å². The number of hydrogen-bond donors (Lipinski definition) is 1. The lowest BCUT2D eigenvalue weighted by Crippen LogP contribution is -2.20. The first-order valence-electron chi connectivity index (χ1n) is 4.31. The molecule has 5 heteroatoms. The number of ether oxygens (including phenoxy) is 1. The Balaban J connectivity index is 1.94. The predicted octanol–water partition coefficient (Wildman–Crippen LogP) is 1.73. The fraction of sp³-hybridized carbons (Fsp3) is 1.00. The highest BCUT2D eigenvalue weighted by Crippen LogP contribution is 2.32. The Labute approximate surface area is 74.7 Å². The Hall–Kier alpha value is -0.290. The third-order valence-electron chi connectivity index (χ3n) is 1.98. The Morgan fingerprint density at radius 1 is 1.38 bits per heavy atom. The van der Waals surface area contributed by atoms with Crippen molar-refractivity contribution in [1.29, 1.82) is 0 Å². The highest BCUT2D eigenvalue weighted by molar-refractivity contribution is 4.80. The van der Waals surface area contributed by atoms with Crippen LogP contribution in [0.15, 0.2) is 0 Å². The van der Waals surface area contributed by atoms with Crippen molar-refractivity contribution in [3.8, 4) is 0 Å². The van der Waals surface area contributed by atoms with Crippen LogP contribution in [0, 0.1) is 5.92 Å². The number of hydrogen-bond acceptors (Lipinski definition) is 2. The number of alkyl halides is 3. The lowest BCUT2D eigenvalue weighted by Gasteiger charge is -2.10. The average molecular weight is 198 g/mol. The monoisotopic (exact) mass is 198 g/mol. The predicted molar refractivity (Wildman–Crippen MR) is 40.2 cm³/mol. The number of aliphatic hydroxyl groups excluding tert-OH is 1. The van der Waals surface area contributed by atoms with Crippen LogP contribution in [0.5, 0.6) is 0 Å². The number of aliphatic hydroxyl groups is 1. The molecule has 0 heterocycles. The minimum absolute atomic E-state index is 0.0285. The molecule has 1 aliphatic carbocycles. The van der Waals surface area contributed by atoms with Crippen LogP contribution in [0.4, 0.5) is 13.2 Å². The maximum Gasteiger partial charge on any atom is 0.391 e. The summed E-state index contributed by atoms with van der Waals surface area (Å²) < 4.78 is 39.5. The van der Waals surface area contributed by atoms with Gasteiger partial charge in [-0.25, -0.2) is 0 Å². The van der Waals surface area contributed by atoms with Crippen LogP contribution in [0.3, 0.4) is 0 Å². The molecule has 78 valence electrons. The van der Waals surface area contributed by atoms with Crippen molar-refractivity contribution in [2.45, 2.75) is 31.5 Å². The van der Waals surface area contributed by atoms with E-state index in [1.165, 1.54) is 0 Å². The third-order valence-corrected chi connectivity index (χ3v) is 1.98. The average Bonchev–Trinajstić information content (AvgIpc) is 2.77. The van der Waals surface area contributed by atoms with Gasteiger partial charge in [0, 0.05) is 0 Å². The number of halogens is 3. The summed E-state index contributed by atoms with van der Waals surface area (Å²) in [5.74, 6) is 0.255. The van der Waals surface area contributed by atoms with Gasteiger partial charge in [0.2, 0.25) is 0 Å². The largest absolute Gasteiger partial charge is 0.391 e. The molecule has 2 nitrogen and oxygen atoms in total. The fourth-order valence-electron chi connectivity index (χ4n) is 1.01. The zero-order chi connectivity index (χ0) is 9.90. The molecule has 1 saturated carbocycles. The van der Waals surface area contributed by atoms with Crippen LogP contribution in [0.25, 0.3) is 0 Å². The van der Waals surface area contributed by atoms with Crippen LogP contribution in [-0.2, 0) is 4.74 Å². The topological polar surface area (TPSA) is 29.5 Å². The van der Waals surface area contributed by atoms with E-state index in [9.17, 15) is 18.3 Å². The van der Waals surface area contributed by atoms with E-state index >= 15 is 0 Å². The van der Waals surface area contributed by atoms with Gasteiger partial charge in [0.1, 0.15) is 0 Å². The van der Waals surface area contributed by atoms with Gasteiger partial charge in [0.25, 0.3) is 0 Å². The molecule has 0 radical (unpaired) electrons. The Bertz CT molecular complexity index is 154. The van der Waals surface area contributed by atoms with Crippen molar-refractivity contribution in [2.75, 3.05) is 13.2 Å². The van der Waals surface area contributed by atoms with Crippen molar-refractivity contribution < 1.29 is 23.0 Å². The summed E-state index contributed by atoms with van der Waals surface area (Å²) in [6.07, 6.45) is -3.75. The molecule has 0 aromatic carbocycles. The minimum atomic E-state index is -4.16. The molecule has 0 bridgehead atoms. The zero-order valence-electron chi connectivity index (χ0n) is 7.18. The first kappa shape index (κ1) is 10.8. The maximum absolute atomic E-state index is 11.6. The highest BCUT2D eigenvalue weighted by atomic mass is 19.4. The van der Waals surface area contributed by atoms with Gasteiger partial charge in [-0.2, -0.15) is 13.2 Å². The van der Waals surface area contributed by atoms with Gasteiger partial charge in [-0.15, -0.1) is 0 Å².